The SMILES string of the molecule is Cc1ccc(N(C)CCCCl)cc1Cl. The molecule has 0 saturated carbocycles. The Labute approximate surface area is 95.6 Å². The molecule has 0 aliphatic heterocycles. The predicted octanol–water partition coefficient (Wildman–Crippen LogP) is 3.71. The van der Waals surface area contributed by atoms with E-state index in [1.807, 2.05) is 26.1 Å². The second-order valence-corrected chi connectivity index (χ2v) is 4.18. The molecule has 0 fully saturated rings. The molecular formula is C11H15Cl2N. The van der Waals surface area contributed by atoms with Crippen LogP contribution in [-0.2, 0) is 0 Å². The highest BCUT2D eigenvalue weighted by molar-refractivity contribution is 6.31. The Balaban J connectivity index is 2.70. The molecule has 1 nitrogen and oxygen atoms in total. The van der Waals surface area contributed by atoms with E-state index in [1.165, 1.54) is 0 Å². The molecule has 0 unspecified atom stereocenters. The number of halogens is 2. The maximum Gasteiger partial charge on any atom is 0.0455 e. The van der Waals surface area contributed by atoms with Crippen LogP contribution in [-0.4, -0.2) is 19.5 Å². The summed E-state index contributed by atoms with van der Waals surface area (Å²) < 4.78 is 0. The van der Waals surface area contributed by atoms with E-state index in [1.54, 1.807) is 0 Å². The van der Waals surface area contributed by atoms with Gasteiger partial charge in [0, 0.05) is 30.2 Å². The van der Waals surface area contributed by atoms with Gasteiger partial charge >= 0.3 is 0 Å². The maximum atomic E-state index is 6.04. The van der Waals surface area contributed by atoms with Crippen molar-refractivity contribution in [2.75, 3.05) is 24.4 Å². The molecule has 0 radical (unpaired) electrons. The van der Waals surface area contributed by atoms with Crippen LogP contribution in [0.1, 0.15) is 12.0 Å². The van der Waals surface area contributed by atoms with Crippen molar-refractivity contribution in [3.8, 4) is 0 Å². The monoisotopic (exact) mass is 231 g/mol. The number of aryl methyl sites for hydroxylation is 1. The zero-order valence-electron chi connectivity index (χ0n) is 8.56. The first-order chi connectivity index (χ1) is 6.65. The predicted molar refractivity (Wildman–Crippen MR) is 64.8 cm³/mol. The lowest BCUT2D eigenvalue weighted by Crippen LogP contribution is -2.18. The zero-order chi connectivity index (χ0) is 10.6. The highest BCUT2D eigenvalue weighted by Crippen LogP contribution is 2.22. The minimum Gasteiger partial charge on any atom is -0.375 e. The van der Waals surface area contributed by atoms with Gasteiger partial charge in [0.05, 0.1) is 0 Å². The van der Waals surface area contributed by atoms with Crippen molar-refractivity contribution in [2.45, 2.75) is 13.3 Å². The smallest absolute Gasteiger partial charge is 0.0455 e. The highest BCUT2D eigenvalue weighted by Gasteiger charge is 2.02. The zero-order valence-corrected chi connectivity index (χ0v) is 10.1. The normalized spacial score (nSPS) is 10.3. The quantitative estimate of drug-likeness (QED) is 0.715. The van der Waals surface area contributed by atoms with Crippen LogP contribution >= 0.6 is 23.2 Å². The van der Waals surface area contributed by atoms with Crippen molar-refractivity contribution < 1.29 is 0 Å². The van der Waals surface area contributed by atoms with Gasteiger partial charge in [-0.3, -0.25) is 0 Å². The molecule has 1 rings (SSSR count). The largest absolute Gasteiger partial charge is 0.375 e. The summed E-state index contributed by atoms with van der Waals surface area (Å²) in [5.74, 6) is 0.698. The fraction of sp³-hybridized carbons (Fsp3) is 0.455. The van der Waals surface area contributed by atoms with Gasteiger partial charge in [0.15, 0.2) is 0 Å². The van der Waals surface area contributed by atoms with Gasteiger partial charge in [-0.25, -0.2) is 0 Å². The third kappa shape index (κ3) is 3.07. The van der Waals surface area contributed by atoms with Gasteiger partial charge in [-0.15, -0.1) is 11.6 Å². The molecule has 3 heteroatoms. The average Bonchev–Trinajstić information content (AvgIpc) is 2.18. The lowest BCUT2D eigenvalue weighted by atomic mass is 10.2. The molecule has 1 aromatic rings. The van der Waals surface area contributed by atoms with E-state index in [9.17, 15) is 0 Å². The number of nitrogens with zero attached hydrogens (tertiary/aromatic N) is 1. The lowest BCUT2D eigenvalue weighted by Gasteiger charge is -2.19. The number of benzene rings is 1. The molecule has 0 heterocycles. The molecule has 0 amide bonds. The molecule has 0 spiro atoms. The Morgan fingerprint density at radius 2 is 2.07 bits per heavy atom. The van der Waals surface area contributed by atoms with Crippen LogP contribution in [0.4, 0.5) is 5.69 Å². The molecule has 0 saturated heterocycles. The number of anilines is 1. The molecule has 1 aromatic carbocycles. The molecule has 0 atom stereocenters. The van der Waals surface area contributed by atoms with Gasteiger partial charge < -0.3 is 4.90 Å². The summed E-state index contributed by atoms with van der Waals surface area (Å²) in [5.41, 5.74) is 2.26. The highest BCUT2D eigenvalue weighted by atomic mass is 35.5. The first-order valence-corrected chi connectivity index (χ1v) is 5.59. The first-order valence-electron chi connectivity index (χ1n) is 4.68. The molecular weight excluding hydrogens is 217 g/mol. The van der Waals surface area contributed by atoms with Gasteiger partial charge in [0.25, 0.3) is 0 Å². The summed E-state index contributed by atoms with van der Waals surface area (Å²) in [4.78, 5) is 2.16. The van der Waals surface area contributed by atoms with Crippen LogP contribution < -0.4 is 4.90 Å². The minimum absolute atomic E-state index is 0.698. The van der Waals surface area contributed by atoms with Crippen LogP contribution in [0.5, 0.6) is 0 Å². The fourth-order valence-corrected chi connectivity index (χ4v) is 1.54. The standard InChI is InChI=1S/C11H15Cl2N/c1-9-4-5-10(8-11(9)13)14(2)7-3-6-12/h4-5,8H,3,6-7H2,1-2H3. The van der Waals surface area contributed by atoms with Crippen molar-refractivity contribution in [3.63, 3.8) is 0 Å². The van der Waals surface area contributed by atoms with E-state index in [-0.39, 0.29) is 0 Å². The second-order valence-electron chi connectivity index (χ2n) is 3.40. The molecule has 0 aliphatic rings. The van der Waals surface area contributed by atoms with E-state index in [0.717, 1.165) is 29.2 Å². The van der Waals surface area contributed by atoms with Gasteiger partial charge in [-0.2, -0.15) is 0 Å². The van der Waals surface area contributed by atoms with Crippen LogP contribution in [0.3, 0.4) is 0 Å². The Morgan fingerprint density at radius 1 is 1.36 bits per heavy atom. The van der Waals surface area contributed by atoms with E-state index in [2.05, 4.69) is 11.0 Å². The van der Waals surface area contributed by atoms with Crippen molar-refractivity contribution in [1.29, 1.82) is 0 Å². The molecule has 0 N–H and O–H groups in total. The Hall–Kier alpha value is -0.400. The van der Waals surface area contributed by atoms with Crippen LogP contribution in [0.25, 0.3) is 0 Å². The van der Waals surface area contributed by atoms with Crippen molar-refractivity contribution in [3.05, 3.63) is 28.8 Å². The summed E-state index contributed by atoms with van der Waals surface area (Å²) in [6.45, 7) is 2.97. The molecule has 14 heavy (non-hydrogen) atoms. The van der Waals surface area contributed by atoms with Crippen LogP contribution in [0.15, 0.2) is 18.2 Å². The molecule has 0 aliphatic carbocycles. The Kier molecular flexibility index (Phi) is 4.56. The molecule has 0 bridgehead atoms. The van der Waals surface area contributed by atoms with Gasteiger partial charge in [0.1, 0.15) is 0 Å². The fourth-order valence-electron chi connectivity index (χ4n) is 1.25. The Bertz CT molecular complexity index is 299. The summed E-state index contributed by atoms with van der Waals surface area (Å²) >= 11 is 11.7. The Morgan fingerprint density at radius 3 is 2.64 bits per heavy atom. The van der Waals surface area contributed by atoms with E-state index in [4.69, 9.17) is 23.2 Å². The van der Waals surface area contributed by atoms with E-state index >= 15 is 0 Å². The first kappa shape index (κ1) is 11.7. The summed E-state index contributed by atoms with van der Waals surface area (Å²) in [6, 6.07) is 6.11. The van der Waals surface area contributed by atoms with E-state index in [0.29, 0.717) is 5.88 Å². The summed E-state index contributed by atoms with van der Waals surface area (Å²) in [6.07, 6.45) is 0.990. The second kappa shape index (κ2) is 5.47. The van der Waals surface area contributed by atoms with E-state index < -0.39 is 0 Å². The van der Waals surface area contributed by atoms with Gasteiger partial charge in [0.2, 0.25) is 0 Å². The summed E-state index contributed by atoms with van der Waals surface area (Å²) in [5, 5.41) is 0.820. The topological polar surface area (TPSA) is 3.24 Å². The third-order valence-electron chi connectivity index (χ3n) is 2.22. The minimum atomic E-state index is 0.698. The molecule has 78 valence electrons. The molecule has 0 aromatic heterocycles. The number of alkyl halides is 1. The summed E-state index contributed by atoms with van der Waals surface area (Å²) in [7, 11) is 2.05. The van der Waals surface area contributed by atoms with Crippen molar-refractivity contribution in [2.24, 2.45) is 0 Å². The van der Waals surface area contributed by atoms with Crippen LogP contribution in [0.2, 0.25) is 5.02 Å². The average molecular weight is 232 g/mol. The number of hydrogen-bond donors (Lipinski definition) is 0. The van der Waals surface area contributed by atoms with Crippen molar-refractivity contribution in [1.82, 2.24) is 0 Å². The lowest BCUT2D eigenvalue weighted by molar-refractivity contribution is 0.856. The number of rotatable bonds is 4. The maximum absolute atomic E-state index is 6.04. The van der Waals surface area contributed by atoms with Gasteiger partial charge in [-0.05, 0) is 31.0 Å². The number of hydrogen-bond acceptors (Lipinski definition) is 1. The third-order valence-corrected chi connectivity index (χ3v) is 2.90. The van der Waals surface area contributed by atoms with Crippen molar-refractivity contribution >= 4 is 28.9 Å². The van der Waals surface area contributed by atoms with Crippen LogP contribution in [0, 0.1) is 6.92 Å². The van der Waals surface area contributed by atoms with Gasteiger partial charge in [-0.1, -0.05) is 17.7 Å².